The van der Waals surface area contributed by atoms with E-state index in [4.69, 9.17) is 9.73 Å². The number of H-pyrrole nitrogens is 1. The molecule has 0 atom stereocenters. The molecule has 7 heteroatoms. The summed E-state index contributed by atoms with van der Waals surface area (Å²) in [6, 6.07) is 11.0. The summed E-state index contributed by atoms with van der Waals surface area (Å²) in [5.74, 6) is 1.84. The summed E-state index contributed by atoms with van der Waals surface area (Å²) in [5, 5.41) is 3.39. The zero-order valence-corrected chi connectivity index (χ0v) is 17.9. The Morgan fingerprint density at radius 3 is 2.76 bits per heavy atom. The van der Waals surface area contributed by atoms with Crippen molar-refractivity contribution in [1.29, 1.82) is 0 Å². The average Bonchev–Trinajstić information content (AvgIpc) is 3.48. The Kier molecular flexibility index (Phi) is 8.07. The molecular weight excluding hydrogens is 364 g/mol. The number of ether oxygens (including phenoxy) is 1. The average molecular weight is 399 g/mol. The molecule has 2 aromatic rings. The lowest BCUT2D eigenvalue weighted by molar-refractivity contribution is 0.145. The van der Waals surface area contributed by atoms with E-state index in [0.717, 1.165) is 61.9 Å². The highest BCUT2D eigenvalue weighted by Gasteiger charge is 2.28. The molecule has 0 unspecified atom stereocenters. The standard InChI is InChI=1S/C22H34N6O/c1-4-23-22(24-12-13-28(14-15-29-3)19-10-11-19)27(2)17-21-25-16-20(26-21)18-8-6-5-7-9-18/h5-9,16,19H,4,10-15,17H2,1-3H3,(H,23,24)(H,25,26). The SMILES string of the molecule is CCNC(=NCCN(CCOC)C1CC1)N(C)Cc1ncc(-c2ccccc2)[nH]1. The number of methoxy groups -OCH3 is 1. The van der Waals surface area contributed by atoms with Crippen LogP contribution >= 0.6 is 0 Å². The van der Waals surface area contributed by atoms with E-state index in [0.29, 0.717) is 6.54 Å². The second-order valence-electron chi connectivity index (χ2n) is 7.46. The Hall–Kier alpha value is -2.38. The van der Waals surface area contributed by atoms with Gasteiger partial charge in [0.15, 0.2) is 5.96 Å². The Bertz CT molecular complexity index is 756. The number of guanidine groups is 1. The minimum absolute atomic E-state index is 0.675. The van der Waals surface area contributed by atoms with Crippen LogP contribution in [0.15, 0.2) is 41.5 Å². The molecule has 1 fully saturated rings. The summed E-state index contributed by atoms with van der Waals surface area (Å²) in [7, 11) is 3.81. The van der Waals surface area contributed by atoms with Gasteiger partial charge in [-0.1, -0.05) is 30.3 Å². The van der Waals surface area contributed by atoms with Crippen LogP contribution in [0.4, 0.5) is 0 Å². The number of benzene rings is 1. The predicted molar refractivity (Wildman–Crippen MR) is 118 cm³/mol. The predicted octanol–water partition coefficient (Wildman–Crippen LogP) is 2.58. The van der Waals surface area contributed by atoms with Gasteiger partial charge in [0.25, 0.3) is 0 Å². The van der Waals surface area contributed by atoms with Crippen molar-refractivity contribution in [3.63, 3.8) is 0 Å². The first-order valence-corrected chi connectivity index (χ1v) is 10.5. The zero-order valence-electron chi connectivity index (χ0n) is 17.9. The van der Waals surface area contributed by atoms with Crippen molar-refractivity contribution in [3.05, 3.63) is 42.4 Å². The number of imidazole rings is 1. The minimum Gasteiger partial charge on any atom is -0.383 e. The van der Waals surface area contributed by atoms with E-state index in [1.54, 1.807) is 7.11 Å². The normalized spacial score (nSPS) is 14.4. The van der Waals surface area contributed by atoms with Gasteiger partial charge in [0, 0.05) is 39.8 Å². The molecule has 0 bridgehead atoms. The van der Waals surface area contributed by atoms with E-state index in [9.17, 15) is 0 Å². The van der Waals surface area contributed by atoms with Crippen LogP contribution in [0.3, 0.4) is 0 Å². The smallest absolute Gasteiger partial charge is 0.194 e. The monoisotopic (exact) mass is 398 g/mol. The Morgan fingerprint density at radius 2 is 2.07 bits per heavy atom. The number of aromatic nitrogens is 2. The van der Waals surface area contributed by atoms with Crippen LogP contribution in [0.1, 0.15) is 25.6 Å². The Morgan fingerprint density at radius 1 is 1.28 bits per heavy atom. The third-order valence-electron chi connectivity index (χ3n) is 5.09. The molecule has 2 N–H and O–H groups in total. The van der Waals surface area contributed by atoms with Gasteiger partial charge < -0.3 is 19.9 Å². The maximum atomic E-state index is 5.25. The van der Waals surface area contributed by atoms with Gasteiger partial charge in [-0.3, -0.25) is 9.89 Å². The van der Waals surface area contributed by atoms with E-state index < -0.39 is 0 Å². The highest BCUT2D eigenvalue weighted by molar-refractivity contribution is 5.79. The van der Waals surface area contributed by atoms with Crippen LogP contribution in [0.2, 0.25) is 0 Å². The molecule has 0 radical (unpaired) electrons. The van der Waals surface area contributed by atoms with Crippen LogP contribution in [-0.4, -0.2) is 78.7 Å². The quantitative estimate of drug-likeness (QED) is 0.450. The van der Waals surface area contributed by atoms with Gasteiger partial charge in [0.05, 0.1) is 31.6 Å². The maximum absolute atomic E-state index is 5.25. The van der Waals surface area contributed by atoms with Crippen LogP contribution < -0.4 is 5.32 Å². The van der Waals surface area contributed by atoms with E-state index >= 15 is 0 Å². The summed E-state index contributed by atoms with van der Waals surface area (Å²) < 4.78 is 5.25. The highest BCUT2D eigenvalue weighted by Crippen LogP contribution is 2.26. The van der Waals surface area contributed by atoms with Crippen LogP contribution in [0.5, 0.6) is 0 Å². The number of rotatable bonds is 11. The number of hydrogen-bond donors (Lipinski definition) is 2. The summed E-state index contributed by atoms with van der Waals surface area (Å²) in [6.45, 7) is 7.12. The zero-order chi connectivity index (χ0) is 20.5. The fourth-order valence-corrected chi connectivity index (χ4v) is 3.39. The summed E-state index contributed by atoms with van der Waals surface area (Å²) in [5.41, 5.74) is 2.18. The van der Waals surface area contributed by atoms with Gasteiger partial charge in [-0.2, -0.15) is 0 Å². The molecule has 1 aliphatic rings. The van der Waals surface area contributed by atoms with Crippen molar-refractivity contribution in [2.75, 3.05) is 46.9 Å². The number of aromatic amines is 1. The molecule has 1 aromatic carbocycles. The fourth-order valence-electron chi connectivity index (χ4n) is 3.39. The molecule has 7 nitrogen and oxygen atoms in total. The van der Waals surface area contributed by atoms with Crippen molar-refractivity contribution >= 4 is 5.96 Å². The first kappa shape index (κ1) is 21.3. The van der Waals surface area contributed by atoms with Crippen molar-refractivity contribution in [1.82, 2.24) is 25.1 Å². The number of aliphatic imine (C=N–C) groups is 1. The molecule has 29 heavy (non-hydrogen) atoms. The van der Waals surface area contributed by atoms with E-state index in [1.807, 2.05) is 24.4 Å². The topological polar surface area (TPSA) is 68.8 Å². The van der Waals surface area contributed by atoms with Crippen molar-refractivity contribution in [3.8, 4) is 11.3 Å². The van der Waals surface area contributed by atoms with E-state index in [-0.39, 0.29) is 0 Å². The first-order valence-electron chi connectivity index (χ1n) is 10.5. The maximum Gasteiger partial charge on any atom is 0.194 e. The molecule has 1 aliphatic carbocycles. The first-order chi connectivity index (χ1) is 14.2. The van der Waals surface area contributed by atoms with Gasteiger partial charge in [0.1, 0.15) is 5.82 Å². The highest BCUT2D eigenvalue weighted by atomic mass is 16.5. The molecule has 1 saturated carbocycles. The van der Waals surface area contributed by atoms with Gasteiger partial charge in [-0.25, -0.2) is 4.98 Å². The Labute approximate surface area is 174 Å². The van der Waals surface area contributed by atoms with Crippen molar-refractivity contribution < 1.29 is 4.74 Å². The second-order valence-corrected chi connectivity index (χ2v) is 7.46. The van der Waals surface area contributed by atoms with Crippen LogP contribution in [0, 0.1) is 0 Å². The van der Waals surface area contributed by atoms with E-state index in [2.05, 4.69) is 51.2 Å². The third-order valence-corrected chi connectivity index (χ3v) is 5.09. The Balaban J connectivity index is 1.56. The third kappa shape index (κ3) is 6.58. The molecule has 158 valence electrons. The number of nitrogens with zero attached hydrogens (tertiary/aromatic N) is 4. The molecule has 0 spiro atoms. The summed E-state index contributed by atoms with van der Waals surface area (Å²) >= 11 is 0. The van der Waals surface area contributed by atoms with Crippen LogP contribution in [-0.2, 0) is 11.3 Å². The van der Waals surface area contributed by atoms with E-state index in [1.165, 1.54) is 12.8 Å². The summed E-state index contributed by atoms with van der Waals surface area (Å²) in [4.78, 5) is 17.4. The van der Waals surface area contributed by atoms with Gasteiger partial charge in [0.2, 0.25) is 0 Å². The van der Waals surface area contributed by atoms with Gasteiger partial charge >= 0.3 is 0 Å². The molecule has 1 heterocycles. The number of hydrogen-bond acceptors (Lipinski definition) is 4. The van der Waals surface area contributed by atoms with Gasteiger partial charge in [-0.15, -0.1) is 0 Å². The second kappa shape index (κ2) is 11.0. The lowest BCUT2D eigenvalue weighted by Crippen LogP contribution is -2.39. The van der Waals surface area contributed by atoms with Gasteiger partial charge in [-0.05, 0) is 25.3 Å². The lowest BCUT2D eigenvalue weighted by Gasteiger charge is -2.23. The fraction of sp³-hybridized carbons (Fsp3) is 0.545. The number of nitrogens with one attached hydrogen (secondary N) is 2. The largest absolute Gasteiger partial charge is 0.383 e. The molecule has 1 aromatic heterocycles. The summed E-state index contributed by atoms with van der Waals surface area (Å²) in [6.07, 6.45) is 4.50. The molecular formula is C22H34N6O. The molecule has 3 rings (SSSR count). The molecule has 0 amide bonds. The van der Waals surface area contributed by atoms with Crippen LogP contribution in [0.25, 0.3) is 11.3 Å². The van der Waals surface area contributed by atoms with Crippen molar-refractivity contribution in [2.24, 2.45) is 4.99 Å². The molecule has 0 saturated heterocycles. The minimum atomic E-state index is 0.675. The lowest BCUT2D eigenvalue weighted by atomic mass is 10.2. The van der Waals surface area contributed by atoms with Crippen molar-refractivity contribution in [2.45, 2.75) is 32.4 Å². The molecule has 0 aliphatic heterocycles.